The van der Waals surface area contributed by atoms with Crippen LogP contribution in [0.4, 0.5) is 0 Å². The molecule has 0 saturated heterocycles. The van der Waals surface area contributed by atoms with Crippen molar-refractivity contribution in [1.29, 1.82) is 0 Å². The molecule has 3 nitrogen and oxygen atoms in total. The Balaban J connectivity index is 1.92. The summed E-state index contributed by atoms with van der Waals surface area (Å²) in [6.45, 7) is 8.15. The van der Waals surface area contributed by atoms with Crippen LogP contribution in [-0.2, 0) is 6.54 Å². The first kappa shape index (κ1) is 19.8. The van der Waals surface area contributed by atoms with Gasteiger partial charge in [-0.05, 0) is 50.1 Å². The molecule has 0 aliphatic heterocycles. The predicted molar refractivity (Wildman–Crippen MR) is 104 cm³/mol. The molecule has 0 aliphatic rings. The van der Waals surface area contributed by atoms with E-state index in [9.17, 15) is 5.11 Å². The van der Waals surface area contributed by atoms with E-state index in [-0.39, 0.29) is 6.61 Å². The number of aryl methyl sites for hydroxylation is 1. The van der Waals surface area contributed by atoms with Crippen LogP contribution in [0.3, 0.4) is 0 Å². The Kier molecular flexibility index (Phi) is 7.76. The molecule has 0 fully saturated rings. The average Bonchev–Trinajstić information content (AvgIpc) is 2.60. The van der Waals surface area contributed by atoms with Crippen molar-refractivity contribution in [3.63, 3.8) is 0 Å². The van der Waals surface area contributed by atoms with Crippen molar-refractivity contribution in [2.45, 2.75) is 45.9 Å². The molecular formula is C21H28ClNO2. The molecule has 2 aromatic rings. The fraction of sp³-hybridized carbons (Fsp3) is 0.429. The van der Waals surface area contributed by atoms with Crippen LogP contribution in [0.2, 0.25) is 5.02 Å². The first-order valence-electron chi connectivity index (χ1n) is 8.84. The van der Waals surface area contributed by atoms with E-state index in [2.05, 4.69) is 49.9 Å². The molecule has 1 N–H and O–H groups in total. The standard InChI is InChI=1S/C21H28ClNO2/c1-4-17(3)23(13-18-7-5-6-16(2)12-18)14-20(24)15-25-21-10-8-19(22)9-11-21/h5-12,17,20,24H,4,13-15H2,1-3H3/t17-,20+/m0/s1. The zero-order valence-electron chi connectivity index (χ0n) is 15.3. The van der Waals surface area contributed by atoms with Crippen LogP contribution in [0, 0.1) is 6.92 Å². The summed E-state index contributed by atoms with van der Waals surface area (Å²) in [5.74, 6) is 0.720. The number of hydrogen-bond donors (Lipinski definition) is 1. The van der Waals surface area contributed by atoms with Crippen LogP contribution in [0.5, 0.6) is 5.75 Å². The predicted octanol–water partition coefficient (Wildman–Crippen LogP) is 4.69. The molecule has 2 aromatic carbocycles. The number of hydrogen-bond acceptors (Lipinski definition) is 3. The van der Waals surface area contributed by atoms with E-state index in [0.29, 0.717) is 17.6 Å². The molecule has 0 spiro atoms. The molecule has 0 heterocycles. The molecule has 0 aliphatic carbocycles. The molecule has 0 saturated carbocycles. The fourth-order valence-corrected chi connectivity index (χ4v) is 2.88. The van der Waals surface area contributed by atoms with Gasteiger partial charge < -0.3 is 9.84 Å². The minimum atomic E-state index is -0.547. The first-order valence-corrected chi connectivity index (χ1v) is 9.21. The Morgan fingerprint density at radius 3 is 2.52 bits per heavy atom. The van der Waals surface area contributed by atoms with Gasteiger partial charge in [0.15, 0.2) is 0 Å². The maximum Gasteiger partial charge on any atom is 0.119 e. The molecule has 136 valence electrons. The van der Waals surface area contributed by atoms with E-state index in [1.54, 1.807) is 12.1 Å². The van der Waals surface area contributed by atoms with Gasteiger partial charge in [0.05, 0.1) is 0 Å². The smallest absolute Gasteiger partial charge is 0.119 e. The summed E-state index contributed by atoms with van der Waals surface area (Å²) in [6, 6.07) is 16.1. The number of nitrogens with zero attached hydrogens (tertiary/aromatic N) is 1. The lowest BCUT2D eigenvalue weighted by Crippen LogP contribution is -2.40. The number of benzene rings is 2. The zero-order chi connectivity index (χ0) is 18.2. The molecule has 2 atom stereocenters. The number of aliphatic hydroxyl groups excluding tert-OH is 1. The minimum Gasteiger partial charge on any atom is -0.491 e. The maximum absolute atomic E-state index is 10.4. The normalized spacial score (nSPS) is 13.7. The SMILES string of the molecule is CC[C@H](C)N(Cc1cccc(C)c1)C[C@@H](O)COc1ccc(Cl)cc1. The van der Waals surface area contributed by atoms with E-state index < -0.39 is 6.10 Å². The van der Waals surface area contributed by atoms with Crippen molar-refractivity contribution in [1.82, 2.24) is 4.90 Å². The molecule has 0 bridgehead atoms. The Bertz CT molecular complexity index is 645. The van der Waals surface area contributed by atoms with Gasteiger partial charge in [0, 0.05) is 24.2 Å². The second-order valence-electron chi connectivity index (χ2n) is 6.59. The van der Waals surface area contributed by atoms with E-state index in [4.69, 9.17) is 16.3 Å². The lowest BCUT2D eigenvalue weighted by Gasteiger charge is -2.30. The molecule has 0 amide bonds. The minimum absolute atomic E-state index is 0.266. The van der Waals surface area contributed by atoms with Gasteiger partial charge in [-0.25, -0.2) is 0 Å². The third-order valence-corrected chi connectivity index (χ3v) is 4.64. The Morgan fingerprint density at radius 1 is 1.16 bits per heavy atom. The summed E-state index contributed by atoms with van der Waals surface area (Å²) in [7, 11) is 0. The summed E-state index contributed by atoms with van der Waals surface area (Å²) in [6.07, 6.45) is 0.491. The Hall–Kier alpha value is -1.55. The highest BCUT2D eigenvalue weighted by atomic mass is 35.5. The topological polar surface area (TPSA) is 32.7 Å². The summed E-state index contributed by atoms with van der Waals surface area (Å²) < 4.78 is 5.67. The van der Waals surface area contributed by atoms with Crippen molar-refractivity contribution >= 4 is 11.6 Å². The van der Waals surface area contributed by atoms with Gasteiger partial charge in [-0.3, -0.25) is 4.90 Å². The summed E-state index contributed by atoms with van der Waals surface area (Å²) in [5.41, 5.74) is 2.53. The second-order valence-corrected chi connectivity index (χ2v) is 7.03. The highest BCUT2D eigenvalue weighted by molar-refractivity contribution is 6.30. The highest BCUT2D eigenvalue weighted by Gasteiger charge is 2.17. The number of rotatable bonds is 9. The lowest BCUT2D eigenvalue weighted by molar-refractivity contribution is 0.0506. The molecule has 0 aromatic heterocycles. The van der Waals surface area contributed by atoms with Crippen LogP contribution in [-0.4, -0.2) is 35.3 Å². The van der Waals surface area contributed by atoms with Gasteiger partial charge in [-0.1, -0.05) is 48.4 Å². The Labute approximate surface area is 156 Å². The van der Waals surface area contributed by atoms with E-state index in [1.807, 2.05) is 12.1 Å². The van der Waals surface area contributed by atoms with Gasteiger partial charge in [0.25, 0.3) is 0 Å². The van der Waals surface area contributed by atoms with Crippen molar-refractivity contribution in [3.05, 3.63) is 64.7 Å². The maximum atomic E-state index is 10.4. The summed E-state index contributed by atoms with van der Waals surface area (Å²) >= 11 is 5.87. The van der Waals surface area contributed by atoms with Crippen molar-refractivity contribution in [2.75, 3.05) is 13.2 Å². The third kappa shape index (κ3) is 6.69. The summed E-state index contributed by atoms with van der Waals surface area (Å²) in [4.78, 5) is 2.31. The van der Waals surface area contributed by atoms with Gasteiger partial charge in [-0.15, -0.1) is 0 Å². The van der Waals surface area contributed by atoms with E-state index in [1.165, 1.54) is 11.1 Å². The van der Waals surface area contributed by atoms with E-state index >= 15 is 0 Å². The quantitative estimate of drug-likeness (QED) is 0.703. The van der Waals surface area contributed by atoms with Gasteiger partial charge >= 0.3 is 0 Å². The highest BCUT2D eigenvalue weighted by Crippen LogP contribution is 2.17. The molecule has 2 rings (SSSR count). The fourth-order valence-electron chi connectivity index (χ4n) is 2.75. The molecule has 0 unspecified atom stereocenters. The van der Waals surface area contributed by atoms with Crippen molar-refractivity contribution < 1.29 is 9.84 Å². The Morgan fingerprint density at radius 2 is 1.88 bits per heavy atom. The second kappa shape index (κ2) is 9.81. The molecule has 0 radical (unpaired) electrons. The largest absolute Gasteiger partial charge is 0.491 e. The van der Waals surface area contributed by atoms with Crippen LogP contribution in [0.15, 0.2) is 48.5 Å². The molecule has 25 heavy (non-hydrogen) atoms. The van der Waals surface area contributed by atoms with E-state index in [0.717, 1.165) is 18.7 Å². The third-order valence-electron chi connectivity index (χ3n) is 4.38. The van der Waals surface area contributed by atoms with Crippen LogP contribution < -0.4 is 4.74 Å². The molecular weight excluding hydrogens is 334 g/mol. The monoisotopic (exact) mass is 361 g/mol. The van der Waals surface area contributed by atoms with Crippen LogP contribution in [0.25, 0.3) is 0 Å². The van der Waals surface area contributed by atoms with Crippen LogP contribution >= 0.6 is 11.6 Å². The number of ether oxygens (including phenoxy) is 1. The van der Waals surface area contributed by atoms with Gasteiger partial charge in [0.1, 0.15) is 18.5 Å². The number of aliphatic hydroxyl groups is 1. The van der Waals surface area contributed by atoms with Gasteiger partial charge in [0.2, 0.25) is 0 Å². The first-order chi connectivity index (χ1) is 12.0. The van der Waals surface area contributed by atoms with Crippen LogP contribution in [0.1, 0.15) is 31.4 Å². The average molecular weight is 362 g/mol. The van der Waals surface area contributed by atoms with Crippen molar-refractivity contribution in [3.8, 4) is 5.75 Å². The number of halogens is 1. The zero-order valence-corrected chi connectivity index (χ0v) is 16.0. The van der Waals surface area contributed by atoms with Gasteiger partial charge in [-0.2, -0.15) is 0 Å². The summed E-state index contributed by atoms with van der Waals surface area (Å²) in [5, 5.41) is 11.1. The lowest BCUT2D eigenvalue weighted by atomic mass is 10.1. The molecule has 4 heteroatoms. The van der Waals surface area contributed by atoms with Crippen molar-refractivity contribution in [2.24, 2.45) is 0 Å².